The lowest BCUT2D eigenvalue weighted by atomic mass is 9.73. The summed E-state index contributed by atoms with van der Waals surface area (Å²) in [5.41, 5.74) is 3.03. The van der Waals surface area contributed by atoms with Crippen LogP contribution in [0, 0.1) is 11.7 Å². The van der Waals surface area contributed by atoms with Crippen molar-refractivity contribution in [3.05, 3.63) is 87.9 Å². The highest BCUT2D eigenvalue weighted by Crippen LogP contribution is 2.58. The summed E-state index contributed by atoms with van der Waals surface area (Å²) in [7, 11) is 4.03. The second-order valence-corrected chi connectivity index (χ2v) is 13.2. The molecule has 3 aliphatic rings. The number of nitrogens with one attached hydrogen (secondary N) is 1. The molecule has 1 saturated heterocycles. The molecule has 9 heteroatoms. The Labute approximate surface area is 255 Å². The Morgan fingerprint density at radius 3 is 2.62 bits per heavy atom. The highest BCUT2D eigenvalue weighted by Gasteiger charge is 2.63. The first-order valence-corrected chi connectivity index (χ1v) is 15.4. The fraction of sp³-hybridized carbons (Fsp3) is 0.394. The van der Waals surface area contributed by atoms with Crippen molar-refractivity contribution < 1.29 is 9.18 Å². The molecule has 1 amide bonds. The maximum Gasteiger partial charge on any atom is 0.245 e. The van der Waals surface area contributed by atoms with Gasteiger partial charge in [-0.1, -0.05) is 41.4 Å². The Morgan fingerprint density at radius 1 is 1.10 bits per heavy atom. The predicted octanol–water partition coefficient (Wildman–Crippen LogP) is 7.31. The summed E-state index contributed by atoms with van der Waals surface area (Å²) in [5, 5.41) is 3.75. The summed E-state index contributed by atoms with van der Waals surface area (Å²) in [4.78, 5) is 24.3. The highest BCUT2D eigenvalue weighted by molar-refractivity contribution is 6.31. The van der Waals surface area contributed by atoms with E-state index in [0.29, 0.717) is 22.2 Å². The van der Waals surface area contributed by atoms with Gasteiger partial charge in [0.1, 0.15) is 17.2 Å². The Balaban J connectivity index is 1.43. The number of rotatable bonds is 6. The normalized spacial score (nSPS) is 25.3. The number of carbonyl (C=O) groups excluding carboxylic acids is 1. The number of benzene rings is 3. The van der Waals surface area contributed by atoms with Crippen LogP contribution < -0.4 is 10.2 Å². The van der Waals surface area contributed by atoms with Crippen molar-refractivity contribution >= 4 is 51.5 Å². The molecule has 4 atom stereocenters. The smallest absolute Gasteiger partial charge is 0.245 e. The Hall–Kier alpha value is -3.13. The van der Waals surface area contributed by atoms with Crippen molar-refractivity contribution in [3.8, 4) is 0 Å². The number of hydrogen-bond acceptors (Lipinski definition) is 4. The molecule has 3 heterocycles. The molecular formula is C33H34Cl2FN5O. The maximum atomic E-state index is 16.1. The van der Waals surface area contributed by atoms with Crippen LogP contribution in [-0.2, 0) is 11.3 Å². The quantitative estimate of drug-likeness (QED) is 0.250. The number of imidazole rings is 1. The molecule has 0 bridgehead atoms. The number of aromatic nitrogens is 2. The standard InChI is InChI=1S/C33H34Cl2FN5O/c1-33(32(42)37-21-7-4-6-20(34)16-21)29(23-8-5-9-24(35)30(23)36)28-27(41(33)18-19-10-11-19)14-15-40-26-13-12-22(39(2)3)17-25(26)38-31(28)40/h4-9,12-13,16-17,19,27-29H,10-11,14-15,18H2,1-3H3,(H,37,42)/t27-,28+,29-,33+/m0/s1. The number of fused-ring (bicyclic) bond motifs is 5. The second kappa shape index (κ2) is 10.2. The molecule has 4 aromatic rings. The average Bonchev–Trinajstić information content (AvgIpc) is 3.65. The minimum atomic E-state index is -1.08. The van der Waals surface area contributed by atoms with E-state index in [4.69, 9.17) is 28.2 Å². The predicted molar refractivity (Wildman–Crippen MR) is 167 cm³/mol. The molecule has 2 fully saturated rings. The summed E-state index contributed by atoms with van der Waals surface area (Å²) in [6.07, 6.45) is 3.12. The van der Waals surface area contributed by atoms with Gasteiger partial charge in [-0.25, -0.2) is 9.37 Å². The summed E-state index contributed by atoms with van der Waals surface area (Å²) < 4.78 is 18.4. The van der Waals surface area contributed by atoms with E-state index in [0.717, 1.165) is 54.9 Å². The van der Waals surface area contributed by atoms with E-state index < -0.39 is 17.3 Å². The second-order valence-electron chi connectivity index (χ2n) is 12.4. The summed E-state index contributed by atoms with van der Waals surface area (Å²) in [5.74, 6) is 0.0406. The lowest BCUT2D eigenvalue weighted by molar-refractivity contribution is -0.127. The van der Waals surface area contributed by atoms with Gasteiger partial charge in [0.15, 0.2) is 0 Å². The van der Waals surface area contributed by atoms with Crippen LogP contribution in [0.2, 0.25) is 10.0 Å². The molecule has 1 N–H and O–H groups in total. The number of hydrogen-bond donors (Lipinski definition) is 1. The van der Waals surface area contributed by atoms with Gasteiger partial charge in [-0.2, -0.15) is 0 Å². The molecule has 42 heavy (non-hydrogen) atoms. The van der Waals surface area contributed by atoms with Crippen LogP contribution in [0.5, 0.6) is 0 Å². The van der Waals surface area contributed by atoms with E-state index in [1.165, 1.54) is 0 Å². The molecule has 1 aliphatic carbocycles. The molecular weight excluding hydrogens is 572 g/mol. The van der Waals surface area contributed by atoms with Gasteiger partial charge in [-0.15, -0.1) is 0 Å². The fourth-order valence-corrected chi connectivity index (χ4v) is 7.74. The van der Waals surface area contributed by atoms with E-state index in [2.05, 4.69) is 37.9 Å². The molecule has 218 valence electrons. The molecule has 0 unspecified atom stereocenters. The average molecular weight is 607 g/mol. The largest absolute Gasteiger partial charge is 0.378 e. The van der Waals surface area contributed by atoms with Crippen LogP contribution >= 0.6 is 23.2 Å². The van der Waals surface area contributed by atoms with Gasteiger partial charge < -0.3 is 14.8 Å². The SMILES string of the molecule is CN(C)c1ccc2c(c1)nc1n2CC[C@H]2[C@@H]1[C@H](c1cccc(Cl)c1F)[C@](C)(C(=O)Nc1cccc(Cl)c1)N2CC1CC1. The molecule has 1 aromatic heterocycles. The van der Waals surface area contributed by atoms with Crippen LogP contribution in [0.3, 0.4) is 0 Å². The van der Waals surface area contributed by atoms with Gasteiger partial charge >= 0.3 is 0 Å². The summed E-state index contributed by atoms with van der Waals surface area (Å²) in [6, 6.07) is 18.7. The first-order chi connectivity index (χ1) is 20.2. The van der Waals surface area contributed by atoms with E-state index in [1.807, 2.05) is 33.2 Å². The van der Waals surface area contributed by atoms with Gasteiger partial charge in [0.05, 0.1) is 16.1 Å². The first kappa shape index (κ1) is 27.7. The zero-order chi connectivity index (χ0) is 29.3. The van der Waals surface area contributed by atoms with Crippen LogP contribution in [-0.4, -0.2) is 52.6 Å². The number of likely N-dealkylation sites (tertiary alicyclic amines) is 1. The fourth-order valence-electron chi connectivity index (χ4n) is 7.37. The summed E-state index contributed by atoms with van der Waals surface area (Å²) in [6.45, 7) is 3.55. The lowest BCUT2D eigenvalue weighted by Crippen LogP contribution is -2.56. The van der Waals surface area contributed by atoms with E-state index >= 15 is 4.39 Å². The first-order valence-electron chi connectivity index (χ1n) is 14.6. The van der Waals surface area contributed by atoms with Crippen molar-refractivity contribution in [2.24, 2.45) is 5.92 Å². The molecule has 0 spiro atoms. The minimum Gasteiger partial charge on any atom is -0.378 e. The summed E-state index contributed by atoms with van der Waals surface area (Å²) >= 11 is 12.7. The van der Waals surface area contributed by atoms with Crippen LogP contribution in [0.1, 0.15) is 49.4 Å². The number of nitrogens with zero attached hydrogens (tertiary/aromatic N) is 4. The number of carbonyl (C=O) groups is 1. The Bertz CT molecular complexity index is 1700. The third-order valence-corrected chi connectivity index (χ3v) is 10.1. The third-order valence-electron chi connectivity index (χ3n) is 9.61. The van der Waals surface area contributed by atoms with Gasteiger partial charge in [0, 0.05) is 61.5 Å². The van der Waals surface area contributed by atoms with Crippen molar-refractivity contribution in [2.75, 3.05) is 30.9 Å². The van der Waals surface area contributed by atoms with E-state index in [1.54, 1.807) is 30.3 Å². The van der Waals surface area contributed by atoms with E-state index in [-0.39, 0.29) is 22.9 Å². The molecule has 0 radical (unpaired) electrons. The van der Waals surface area contributed by atoms with Crippen molar-refractivity contribution in [3.63, 3.8) is 0 Å². The minimum absolute atomic E-state index is 0.0155. The lowest BCUT2D eigenvalue weighted by Gasteiger charge is -2.40. The maximum absolute atomic E-state index is 16.1. The molecule has 1 saturated carbocycles. The zero-order valence-electron chi connectivity index (χ0n) is 23.9. The van der Waals surface area contributed by atoms with Crippen molar-refractivity contribution in [1.29, 1.82) is 0 Å². The van der Waals surface area contributed by atoms with Gasteiger partial charge in [-0.05, 0) is 80.1 Å². The number of aryl methyl sites for hydroxylation is 1. The van der Waals surface area contributed by atoms with Crippen LogP contribution in [0.25, 0.3) is 11.0 Å². The van der Waals surface area contributed by atoms with Crippen molar-refractivity contribution in [1.82, 2.24) is 14.5 Å². The van der Waals surface area contributed by atoms with Gasteiger partial charge in [0.2, 0.25) is 5.91 Å². The molecule has 6 nitrogen and oxygen atoms in total. The number of amides is 1. The third kappa shape index (κ3) is 4.40. The van der Waals surface area contributed by atoms with Crippen LogP contribution in [0.15, 0.2) is 60.7 Å². The Kier molecular flexibility index (Phi) is 6.76. The number of halogens is 3. The highest BCUT2D eigenvalue weighted by atomic mass is 35.5. The zero-order valence-corrected chi connectivity index (χ0v) is 25.5. The molecule has 7 rings (SSSR count). The topological polar surface area (TPSA) is 53.4 Å². The van der Waals surface area contributed by atoms with Gasteiger partial charge in [0.25, 0.3) is 0 Å². The molecule has 2 aliphatic heterocycles. The molecule has 3 aromatic carbocycles. The van der Waals surface area contributed by atoms with E-state index in [9.17, 15) is 4.79 Å². The monoisotopic (exact) mass is 605 g/mol. The Morgan fingerprint density at radius 2 is 1.88 bits per heavy atom. The van der Waals surface area contributed by atoms with Crippen LogP contribution in [0.4, 0.5) is 15.8 Å². The number of anilines is 2. The van der Waals surface area contributed by atoms with Gasteiger partial charge in [-0.3, -0.25) is 9.69 Å². The van der Waals surface area contributed by atoms with Crippen molar-refractivity contribution in [2.45, 2.75) is 56.1 Å².